The maximum absolute atomic E-state index is 12.0. The standard InChI is InChI=1S/C12H20BrNO3/c1-11(2,13)9(15)14-12(10(16)17-3)7-5-4-6-8-12/h4-8H2,1-3H3,(H,14,15). The van der Waals surface area contributed by atoms with Crippen LogP contribution in [0.1, 0.15) is 46.0 Å². The molecule has 1 N–H and O–H groups in total. The average Bonchev–Trinajstić information content (AvgIpc) is 2.27. The summed E-state index contributed by atoms with van der Waals surface area (Å²) in [7, 11) is 1.37. The number of halogens is 1. The molecule has 1 rings (SSSR count). The lowest BCUT2D eigenvalue weighted by Gasteiger charge is -2.36. The number of rotatable bonds is 3. The second-order valence-electron chi connectivity index (χ2n) is 5.06. The van der Waals surface area contributed by atoms with Crippen molar-refractivity contribution >= 4 is 27.8 Å². The van der Waals surface area contributed by atoms with Crippen LogP contribution in [0.3, 0.4) is 0 Å². The largest absolute Gasteiger partial charge is 0.467 e. The number of esters is 1. The lowest BCUT2D eigenvalue weighted by Crippen LogP contribution is -2.59. The summed E-state index contributed by atoms with van der Waals surface area (Å²) in [5.74, 6) is -0.507. The maximum atomic E-state index is 12.0. The Labute approximate surface area is 111 Å². The number of hydrogen-bond donors (Lipinski definition) is 1. The second-order valence-corrected chi connectivity index (χ2v) is 7.04. The second kappa shape index (κ2) is 5.38. The first kappa shape index (κ1) is 14.5. The van der Waals surface area contributed by atoms with Crippen LogP contribution in [-0.2, 0) is 14.3 Å². The van der Waals surface area contributed by atoms with E-state index in [-0.39, 0.29) is 11.9 Å². The fourth-order valence-corrected chi connectivity index (χ4v) is 2.20. The zero-order valence-corrected chi connectivity index (χ0v) is 12.2. The van der Waals surface area contributed by atoms with Crippen molar-refractivity contribution in [2.24, 2.45) is 0 Å². The van der Waals surface area contributed by atoms with Crippen LogP contribution < -0.4 is 5.32 Å². The Balaban J connectivity index is 2.84. The Bertz CT molecular complexity index is 303. The summed E-state index contributed by atoms with van der Waals surface area (Å²) >= 11 is 3.30. The topological polar surface area (TPSA) is 55.4 Å². The number of nitrogens with one attached hydrogen (secondary N) is 1. The van der Waals surface area contributed by atoms with Gasteiger partial charge in [0.1, 0.15) is 5.54 Å². The molecule has 1 fully saturated rings. The SMILES string of the molecule is COC(=O)C1(NC(=O)C(C)(C)Br)CCCCC1. The molecule has 1 amide bonds. The highest BCUT2D eigenvalue weighted by Crippen LogP contribution is 2.30. The number of carbonyl (C=O) groups is 2. The van der Waals surface area contributed by atoms with Gasteiger partial charge >= 0.3 is 5.97 Å². The molecule has 1 aliphatic carbocycles. The minimum Gasteiger partial charge on any atom is -0.467 e. The minimum atomic E-state index is -0.824. The van der Waals surface area contributed by atoms with Crippen LogP contribution in [0.25, 0.3) is 0 Å². The van der Waals surface area contributed by atoms with Crippen molar-refractivity contribution in [2.75, 3.05) is 7.11 Å². The molecule has 0 aliphatic heterocycles. The van der Waals surface area contributed by atoms with Gasteiger partial charge in [0.05, 0.1) is 11.4 Å². The molecule has 0 aromatic carbocycles. The summed E-state index contributed by atoms with van der Waals surface area (Å²) in [6, 6.07) is 0. The molecule has 0 saturated heterocycles. The van der Waals surface area contributed by atoms with Gasteiger partial charge in [0.25, 0.3) is 0 Å². The molecular weight excluding hydrogens is 286 g/mol. The van der Waals surface area contributed by atoms with Gasteiger partial charge in [-0.3, -0.25) is 4.79 Å². The predicted octanol–water partition coefficient (Wildman–Crippen LogP) is 2.15. The summed E-state index contributed by atoms with van der Waals surface area (Å²) in [6.45, 7) is 3.52. The van der Waals surface area contributed by atoms with Crippen LogP contribution in [0, 0.1) is 0 Å². The van der Waals surface area contributed by atoms with Crippen molar-refractivity contribution in [1.82, 2.24) is 5.32 Å². The van der Waals surface area contributed by atoms with Gasteiger partial charge in [0, 0.05) is 0 Å². The van der Waals surface area contributed by atoms with E-state index in [0.29, 0.717) is 12.8 Å². The number of methoxy groups -OCH3 is 1. The van der Waals surface area contributed by atoms with E-state index in [0.717, 1.165) is 19.3 Å². The summed E-state index contributed by atoms with van der Waals surface area (Å²) in [5, 5.41) is 2.86. The molecule has 0 aromatic rings. The fraction of sp³-hybridized carbons (Fsp3) is 0.833. The molecule has 1 saturated carbocycles. The molecule has 0 atom stereocenters. The van der Waals surface area contributed by atoms with Gasteiger partial charge in [-0.2, -0.15) is 0 Å². The minimum absolute atomic E-state index is 0.176. The van der Waals surface area contributed by atoms with Crippen LogP contribution in [0.15, 0.2) is 0 Å². The molecule has 0 aromatic heterocycles. The Hall–Kier alpha value is -0.580. The lowest BCUT2D eigenvalue weighted by molar-refractivity contribution is -0.152. The van der Waals surface area contributed by atoms with E-state index in [1.807, 2.05) is 0 Å². The number of alkyl halides is 1. The number of amides is 1. The van der Waals surface area contributed by atoms with Crippen molar-refractivity contribution in [1.29, 1.82) is 0 Å². The van der Waals surface area contributed by atoms with Gasteiger partial charge in [0.15, 0.2) is 0 Å². The highest BCUT2D eigenvalue weighted by atomic mass is 79.9. The van der Waals surface area contributed by atoms with Crippen molar-refractivity contribution in [2.45, 2.75) is 55.8 Å². The highest BCUT2D eigenvalue weighted by molar-refractivity contribution is 9.10. The van der Waals surface area contributed by atoms with Crippen LogP contribution in [0.5, 0.6) is 0 Å². The molecular formula is C12H20BrNO3. The summed E-state index contributed by atoms with van der Waals surface area (Å²) in [6.07, 6.45) is 4.31. The first-order valence-electron chi connectivity index (χ1n) is 5.92. The Morgan fingerprint density at radius 2 is 1.76 bits per heavy atom. The van der Waals surface area contributed by atoms with Gasteiger partial charge in [-0.1, -0.05) is 35.2 Å². The third-order valence-electron chi connectivity index (χ3n) is 3.18. The fourth-order valence-electron chi connectivity index (χ4n) is 2.10. The van der Waals surface area contributed by atoms with E-state index in [2.05, 4.69) is 21.2 Å². The molecule has 98 valence electrons. The first-order chi connectivity index (χ1) is 7.82. The summed E-state index contributed by atoms with van der Waals surface area (Å²) < 4.78 is 4.16. The van der Waals surface area contributed by atoms with Crippen molar-refractivity contribution in [3.05, 3.63) is 0 Å². The van der Waals surface area contributed by atoms with Crippen LogP contribution in [0.2, 0.25) is 0 Å². The van der Waals surface area contributed by atoms with Gasteiger partial charge in [0.2, 0.25) is 5.91 Å². The average molecular weight is 306 g/mol. The Kier molecular flexibility index (Phi) is 4.58. The smallest absolute Gasteiger partial charge is 0.331 e. The van der Waals surface area contributed by atoms with E-state index < -0.39 is 9.86 Å². The van der Waals surface area contributed by atoms with Crippen LogP contribution >= 0.6 is 15.9 Å². The number of hydrogen-bond acceptors (Lipinski definition) is 3. The molecule has 0 radical (unpaired) electrons. The van der Waals surface area contributed by atoms with E-state index in [4.69, 9.17) is 4.74 Å². The third kappa shape index (κ3) is 3.44. The molecule has 0 heterocycles. The van der Waals surface area contributed by atoms with Crippen LogP contribution in [-0.4, -0.2) is 28.8 Å². The van der Waals surface area contributed by atoms with Crippen LogP contribution in [0.4, 0.5) is 0 Å². The highest BCUT2D eigenvalue weighted by Gasteiger charge is 2.43. The third-order valence-corrected chi connectivity index (χ3v) is 3.54. The van der Waals surface area contributed by atoms with Gasteiger partial charge in [-0.25, -0.2) is 4.79 Å². The van der Waals surface area contributed by atoms with E-state index in [9.17, 15) is 9.59 Å². The zero-order valence-electron chi connectivity index (χ0n) is 10.6. The Morgan fingerprint density at radius 3 is 2.18 bits per heavy atom. The molecule has 5 heteroatoms. The van der Waals surface area contributed by atoms with Crippen molar-refractivity contribution in [3.8, 4) is 0 Å². The van der Waals surface area contributed by atoms with Gasteiger partial charge < -0.3 is 10.1 Å². The Morgan fingerprint density at radius 1 is 1.24 bits per heavy atom. The first-order valence-corrected chi connectivity index (χ1v) is 6.71. The number of carbonyl (C=O) groups excluding carboxylic acids is 2. The van der Waals surface area contributed by atoms with Crippen molar-refractivity contribution in [3.63, 3.8) is 0 Å². The molecule has 0 unspecified atom stereocenters. The normalized spacial score (nSPS) is 19.5. The number of ether oxygens (including phenoxy) is 1. The lowest BCUT2D eigenvalue weighted by atomic mass is 9.81. The molecule has 0 spiro atoms. The summed E-state index contributed by atoms with van der Waals surface area (Å²) in [5.41, 5.74) is -0.824. The van der Waals surface area contributed by atoms with E-state index >= 15 is 0 Å². The van der Waals surface area contributed by atoms with Crippen molar-refractivity contribution < 1.29 is 14.3 Å². The van der Waals surface area contributed by atoms with E-state index in [1.165, 1.54) is 7.11 Å². The summed E-state index contributed by atoms with van der Waals surface area (Å²) in [4.78, 5) is 23.9. The quantitative estimate of drug-likeness (QED) is 0.642. The van der Waals surface area contributed by atoms with Gasteiger partial charge in [-0.05, 0) is 26.7 Å². The molecule has 0 bridgehead atoms. The predicted molar refractivity (Wildman–Crippen MR) is 69.0 cm³/mol. The van der Waals surface area contributed by atoms with Gasteiger partial charge in [-0.15, -0.1) is 0 Å². The molecule has 17 heavy (non-hydrogen) atoms. The van der Waals surface area contributed by atoms with E-state index in [1.54, 1.807) is 13.8 Å². The monoisotopic (exact) mass is 305 g/mol. The molecule has 1 aliphatic rings. The maximum Gasteiger partial charge on any atom is 0.331 e. The zero-order chi connectivity index (χ0) is 13.1. The molecule has 4 nitrogen and oxygen atoms in total.